The van der Waals surface area contributed by atoms with Crippen LogP contribution in [0.3, 0.4) is 0 Å². The summed E-state index contributed by atoms with van der Waals surface area (Å²) in [6.07, 6.45) is 1.33. The van der Waals surface area contributed by atoms with Crippen LogP contribution in [-0.2, 0) is 9.59 Å². The van der Waals surface area contributed by atoms with Crippen LogP contribution in [0.5, 0.6) is 5.75 Å². The van der Waals surface area contributed by atoms with Crippen molar-refractivity contribution in [1.29, 1.82) is 0 Å². The summed E-state index contributed by atoms with van der Waals surface area (Å²) in [5.41, 5.74) is 5.73. The van der Waals surface area contributed by atoms with Crippen molar-refractivity contribution >= 4 is 17.5 Å². The van der Waals surface area contributed by atoms with Crippen LogP contribution in [-0.4, -0.2) is 40.9 Å². The first-order valence-corrected chi connectivity index (χ1v) is 8.12. The van der Waals surface area contributed by atoms with Crippen molar-refractivity contribution in [2.45, 2.75) is 57.7 Å². The van der Waals surface area contributed by atoms with Gasteiger partial charge in [-0.25, -0.2) is 0 Å². The number of rotatable bonds is 2. The lowest BCUT2D eigenvalue weighted by Crippen LogP contribution is -2.66. The van der Waals surface area contributed by atoms with E-state index in [1.807, 2.05) is 27.7 Å². The molecule has 1 heterocycles. The second kappa shape index (κ2) is 6.43. The highest BCUT2D eigenvalue weighted by atomic mass is 16.5. The van der Waals surface area contributed by atoms with E-state index in [1.54, 1.807) is 36.3 Å². The Morgan fingerprint density at radius 3 is 2.08 bits per heavy atom. The fraction of sp³-hybridized carbons (Fsp3) is 0.556. The lowest BCUT2D eigenvalue weighted by molar-refractivity contribution is -0.156. The number of nitrogens with zero attached hydrogens (tertiary/aromatic N) is 1. The average Bonchev–Trinajstić information content (AvgIpc) is 2.44. The second-order valence-electron chi connectivity index (χ2n) is 7.62. The summed E-state index contributed by atoms with van der Waals surface area (Å²) in [6, 6.07) is 6.88. The fourth-order valence-corrected chi connectivity index (χ4v) is 3.87. The van der Waals surface area contributed by atoms with E-state index in [0.717, 1.165) is 0 Å². The zero-order chi connectivity index (χ0) is 18.1. The smallest absolute Gasteiger partial charge is 0.313 e. The van der Waals surface area contributed by atoms with Crippen molar-refractivity contribution < 1.29 is 14.3 Å². The normalized spacial score (nSPS) is 19.7. The van der Waals surface area contributed by atoms with Gasteiger partial charge < -0.3 is 20.7 Å². The van der Waals surface area contributed by atoms with Crippen molar-refractivity contribution in [3.8, 4) is 5.75 Å². The molecule has 1 fully saturated rings. The summed E-state index contributed by atoms with van der Waals surface area (Å²) < 4.78 is 5.08. The largest absolute Gasteiger partial charge is 0.497 e. The lowest BCUT2D eigenvalue weighted by atomic mass is 9.77. The van der Waals surface area contributed by atoms with Crippen LogP contribution in [0.25, 0.3) is 0 Å². The molecule has 3 N–H and O–H groups in total. The number of hydrogen-bond acceptors (Lipinski definition) is 4. The van der Waals surface area contributed by atoms with Crippen LogP contribution < -0.4 is 15.8 Å². The number of methoxy groups -OCH3 is 1. The van der Waals surface area contributed by atoms with Crippen LogP contribution in [0.15, 0.2) is 24.3 Å². The summed E-state index contributed by atoms with van der Waals surface area (Å²) in [6.45, 7) is 7.80. The van der Waals surface area contributed by atoms with Gasteiger partial charge in [0, 0.05) is 22.8 Å². The third-order valence-corrected chi connectivity index (χ3v) is 4.48. The molecule has 0 unspecified atom stereocenters. The first kappa shape index (κ1) is 18.3. The molecule has 24 heavy (non-hydrogen) atoms. The Kier molecular flexibility index (Phi) is 4.90. The molecule has 6 heteroatoms. The van der Waals surface area contributed by atoms with E-state index in [2.05, 4.69) is 5.32 Å². The Morgan fingerprint density at radius 2 is 1.62 bits per heavy atom. The number of piperidine rings is 1. The number of carbonyl (C=O) groups excluding carboxylic acids is 2. The highest BCUT2D eigenvalue weighted by Crippen LogP contribution is 2.37. The highest BCUT2D eigenvalue weighted by Gasteiger charge is 2.48. The molecule has 1 aliphatic rings. The monoisotopic (exact) mass is 333 g/mol. The molecule has 132 valence electrons. The Bertz CT molecular complexity index is 605. The molecule has 0 saturated carbocycles. The predicted octanol–water partition coefficient (Wildman–Crippen LogP) is 2.14. The summed E-state index contributed by atoms with van der Waals surface area (Å²) >= 11 is 0. The molecule has 1 saturated heterocycles. The molecule has 6 nitrogen and oxygen atoms in total. The number of benzene rings is 1. The van der Waals surface area contributed by atoms with Crippen molar-refractivity contribution in [1.82, 2.24) is 4.90 Å². The van der Waals surface area contributed by atoms with E-state index in [-0.39, 0.29) is 6.04 Å². The number of anilines is 1. The molecule has 2 rings (SSSR count). The van der Waals surface area contributed by atoms with Gasteiger partial charge in [-0.2, -0.15) is 0 Å². The van der Waals surface area contributed by atoms with E-state index in [1.165, 1.54) is 0 Å². The quantitative estimate of drug-likeness (QED) is 0.812. The minimum absolute atomic E-state index is 0.0173. The Morgan fingerprint density at radius 1 is 1.12 bits per heavy atom. The van der Waals surface area contributed by atoms with Gasteiger partial charge in [0.25, 0.3) is 0 Å². The first-order valence-electron chi connectivity index (χ1n) is 8.12. The highest BCUT2D eigenvalue weighted by molar-refractivity contribution is 6.39. The summed E-state index contributed by atoms with van der Waals surface area (Å²) in [5.74, 6) is -0.490. The van der Waals surface area contributed by atoms with Crippen LogP contribution >= 0.6 is 0 Å². The lowest BCUT2D eigenvalue weighted by Gasteiger charge is -2.54. The maximum absolute atomic E-state index is 12.8. The summed E-state index contributed by atoms with van der Waals surface area (Å²) in [7, 11) is 1.57. The van der Waals surface area contributed by atoms with Gasteiger partial charge in [0.1, 0.15) is 5.75 Å². The molecule has 1 aromatic carbocycles. The van der Waals surface area contributed by atoms with Gasteiger partial charge in [0.2, 0.25) is 0 Å². The Labute approximate surface area is 143 Å². The van der Waals surface area contributed by atoms with Gasteiger partial charge in [-0.3, -0.25) is 9.59 Å². The number of carbonyl (C=O) groups is 2. The third kappa shape index (κ3) is 3.70. The number of nitrogens with one attached hydrogen (secondary N) is 1. The molecule has 1 aliphatic heterocycles. The van der Waals surface area contributed by atoms with E-state index in [9.17, 15) is 9.59 Å². The maximum Gasteiger partial charge on any atom is 0.313 e. The first-order chi connectivity index (χ1) is 11.1. The molecule has 0 bridgehead atoms. The molecule has 1 aromatic rings. The zero-order valence-corrected chi connectivity index (χ0v) is 15.1. The molecule has 0 aromatic heterocycles. The number of nitrogens with two attached hydrogens (primary N) is 1. The van der Waals surface area contributed by atoms with Gasteiger partial charge in [0.05, 0.1) is 7.11 Å². The number of ether oxygens (including phenoxy) is 1. The van der Waals surface area contributed by atoms with Crippen LogP contribution in [0.2, 0.25) is 0 Å². The number of hydrogen-bond donors (Lipinski definition) is 2. The number of amides is 2. The standard InChI is InChI=1S/C18H27N3O3/c1-17(2)10-12(19)11-18(3,4)21(17)16(23)15(22)20-13-6-8-14(24-5)9-7-13/h6-9,12H,10-11,19H2,1-5H3,(H,20,22). The summed E-state index contributed by atoms with van der Waals surface area (Å²) in [5, 5.41) is 2.66. The van der Waals surface area contributed by atoms with Crippen molar-refractivity contribution in [3.63, 3.8) is 0 Å². The topological polar surface area (TPSA) is 84.7 Å². The zero-order valence-electron chi connectivity index (χ0n) is 15.1. The van der Waals surface area contributed by atoms with Gasteiger partial charge in [-0.1, -0.05) is 0 Å². The molecule has 0 aliphatic carbocycles. The van der Waals surface area contributed by atoms with Crippen molar-refractivity contribution in [3.05, 3.63) is 24.3 Å². The maximum atomic E-state index is 12.8. The second-order valence-corrected chi connectivity index (χ2v) is 7.62. The Balaban J connectivity index is 2.17. The van der Waals surface area contributed by atoms with Gasteiger partial charge in [-0.05, 0) is 64.8 Å². The third-order valence-electron chi connectivity index (χ3n) is 4.48. The number of likely N-dealkylation sites (tertiary alicyclic amines) is 1. The minimum Gasteiger partial charge on any atom is -0.497 e. The van der Waals surface area contributed by atoms with Crippen LogP contribution in [0.4, 0.5) is 5.69 Å². The van der Waals surface area contributed by atoms with Crippen LogP contribution in [0, 0.1) is 0 Å². The van der Waals surface area contributed by atoms with Gasteiger partial charge >= 0.3 is 11.8 Å². The molecule has 2 amide bonds. The van der Waals surface area contributed by atoms with E-state index < -0.39 is 22.9 Å². The fourth-order valence-electron chi connectivity index (χ4n) is 3.87. The van der Waals surface area contributed by atoms with Gasteiger partial charge in [0.15, 0.2) is 0 Å². The van der Waals surface area contributed by atoms with E-state index in [4.69, 9.17) is 10.5 Å². The van der Waals surface area contributed by atoms with Gasteiger partial charge in [-0.15, -0.1) is 0 Å². The average molecular weight is 333 g/mol. The molecule has 0 atom stereocenters. The molecule has 0 spiro atoms. The van der Waals surface area contributed by atoms with E-state index >= 15 is 0 Å². The SMILES string of the molecule is COc1ccc(NC(=O)C(=O)N2C(C)(C)CC(N)CC2(C)C)cc1. The summed E-state index contributed by atoms with van der Waals surface area (Å²) in [4.78, 5) is 26.9. The predicted molar refractivity (Wildman–Crippen MR) is 93.8 cm³/mol. The molecular formula is C18H27N3O3. The Hall–Kier alpha value is -2.08. The van der Waals surface area contributed by atoms with E-state index in [0.29, 0.717) is 24.3 Å². The molecular weight excluding hydrogens is 306 g/mol. The van der Waals surface area contributed by atoms with Crippen LogP contribution in [0.1, 0.15) is 40.5 Å². The van der Waals surface area contributed by atoms with Crippen molar-refractivity contribution in [2.75, 3.05) is 12.4 Å². The minimum atomic E-state index is -0.642. The van der Waals surface area contributed by atoms with Crippen molar-refractivity contribution in [2.24, 2.45) is 5.73 Å². The molecule has 0 radical (unpaired) electrons.